The zero-order chi connectivity index (χ0) is 13.2. The first-order valence-electron chi connectivity index (χ1n) is 7.45. The van der Waals surface area contributed by atoms with Gasteiger partial charge in [-0.1, -0.05) is 25.8 Å². The van der Waals surface area contributed by atoms with Gasteiger partial charge in [0.15, 0.2) is 0 Å². The molecule has 2 aromatic rings. The molecule has 0 aliphatic heterocycles. The van der Waals surface area contributed by atoms with Crippen LogP contribution in [0.5, 0.6) is 0 Å². The maximum absolute atomic E-state index is 4.90. The number of nitrogens with one attached hydrogen (secondary N) is 1. The summed E-state index contributed by atoms with van der Waals surface area (Å²) in [7, 11) is 2.16. The highest BCUT2D eigenvalue weighted by Gasteiger charge is 2.22. The molecule has 0 amide bonds. The molecule has 102 valence electrons. The van der Waals surface area contributed by atoms with E-state index in [1.807, 2.05) is 0 Å². The van der Waals surface area contributed by atoms with Crippen LogP contribution in [-0.4, -0.2) is 16.1 Å². The molecule has 1 N–H and O–H groups in total. The van der Waals surface area contributed by atoms with E-state index >= 15 is 0 Å². The lowest BCUT2D eigenvalue weighted by molar-refractivity contribution is 0.639. The number of rotatable bonds is 4. The number of nitrogens with zero attached hydrogens (tertiary/aromatic N) is 2. The molecule has 3 nitrogen and oxygen atoms in total. The topological polar surface area (TPSA) is 29.9 Å². The van der Waals surface area contributed by atoms with Gasteiger partial charge in [-0.3, -0.25) is 0 Å². The second-order valence-corrected chi connectivity index (χ2v) is 5.61. The number of benzene rings is 1. The van der Waals surface area contributed by atoms with Crippen LogP contribution in [-0.2, 0) is 13.6 Å². The summed E-state index contributed by atoms with van der Waals surface area (Å²) in [5, 5.41) is 3.37. The number of hydrogen-bond donors (Lipinski definition) is 1. The number of hydrogen-bond acceptors (Lipinski definition) is 2. The summed E-state index contributed by atoms with van der Waals surface area (Å²) in [5.74, 6) is 1.96. The van der Waals surface area contributed by atoms with E-state index in [0.717, 1.165) is 18.6 Å². The molecule has 1 aromatic carbocycles. The molecular formula is C16H23N3. The van der Waals surface area contributed by atoms with E-state index in [4.69, 9.17) is 4.98 Å². The predicted molar refractivity (Wildman–Crippen MR) is 79.3 cm³/mol. The Morgan fingerprint density at radius 1 is 1.32 bits per heavy atom. The van der Waals surface area contributed by atoms with Crippen LogP contribution in [0, 0.1) is 0 Å². The molecule has 1 aliphatic rings. The lowest BCUT2D eigenvalue weighted by Gasteiger charge is -2.08. The molecular weight excluding hydrogens is 234 g/mol. The first kappa shape index (κ1) is 12.7. The van der Waals surface area contributed by atoms with Crippen LogP contribution in [0.25, 0.3) is 11.0 Å². The Labute approximate surface area is 115 Å². The minimum absolute atomic E-state index is 0.676. The van der Waals surface area contributed by atoms with Crippen LogP contribution in [0.2, 0.25) is 0 Å². The molecule has 3 heteroatoms. The van der Waals surface area contributed by atoms with Crippen molar-refractivity contribution in [1.82, 2.24) is 14.9 Å². The van der Waals surface area contributed by atoms with Crippen molar-refractivity contribution in [2.75, 3.05) is 6.54 Å². The van der Waals surface area contributed by atoms with Gasteiger partial charge in [-0.05, 0) is 37.1 Å². The monoisotopic (exact) mass is 257 g/mol. The molecule has 0 bridgehead atoms. The highest BCUT2D eigenvalue weighted by atomic mass is 15.1. The van der Waals surface area contributed by atoms with Gasteiger partial charge in [0.25, 0.3) is 0 Å². The second-order valence-electron chi connectivity index (χ2n) is 5.61. The van der Waals surface area contributed by atoms with Crippen molar-refractivity contribution >= 4 is 11.0 Å². The lowest BCUT2D eigenvalue weighted by atomic mass is 10.1. The average Bonchev–Trinajstić information content (AvgIpc) is 3.04. The van der Waals surface area contributed by atoms with Crippen molar-refractivity contribution in [3.8, 4) is 0 Å². The van der Waals surface area contributed by atoms with E-state index in [-0.39, 0.29) is 0 Å². The Hall–Kier alpha value is -1.35. The molecule has 1 saturated carbocycles. The van der Waals surface area contributed by atoms with E-state index in [2.05, 4.69) is 42.1 Å². The summed E-state index contributed by atoms with van der Waals surface area (Å²) in [6.07, 6.45) is 5.34. The lowest BCUT2D eigenvalue weighted by Crippen LogP contribution is -2.11. The zero-order valence-corrected chi connectivity index (χ0v) is 11.9. The fourth-order valence-electron chi connectivity index (χ4n) is 3.19. The van der Waals surface area contributed by atoms with Crippen molar-refractivity contribution in [1.29, 1.82) is 0 Å². The molecule has 0 unspecified atom stereocenters. The molecule has 1 fully saturated rings. The van der Waals surface area contributed by atoms with E-state index < -0.39 is 0 Å². The van der Waals surface area contributed by atoms with Crippen molar-refractivity contribution in [3.63, 3.8) is 0 Å². The normalized spacial score (nSPS) is 16.5. The Balaban J connectivity index is 1.95. The van der Waals surface area contributed by atoms with Gasteiger partial charge >= 0.3 is 0 Å². The number of fused-ring (bicyclic) bond motifs is 1. The first-order valence-corrected chi connectivity index (χ1v) is 7.45. The van der Waals surface area contributed by atoms with Crippen LogP contribution >= 0.6 is 0 Å². The minimum atomic E-state index is 0.676. The van der Waals surface area contributed by atoms with Gasteiger partial charge in [-0.25, -0.2) is 4.98 Å². The van der Waals surface area contributed by atoms with Crippen molar-refractivity contribution < 1.29 is 0 Å². The number of aryl methyl sites for hydroxylation is 1. The van der Waals surface area contributed by atoms with Crippen molar-refractivity contribution in [2.24, 2.45) is 7.05 Å². The van der Waals surface area contributed by atoms with Gasteiger partial charge in [0.1, 0.15) is 5.82 Å². The standard InChI is InChI=1S/C16H23N3/c1-3-17-11-12-8-9-15-14(10-12)18-16(19(15)2)13-6-4-5-7-13/h8-10,13,17H,3-7,11H2,1-2H3. The quantitative estimate of drug-likeness (QED) is 0.910. The third-order valence-corrected chi connectivity index (χ3v) is 4.28. The second kappa shape index (κ2) is 5.33. The van der Waals surface area contributed by atoms with Crippen molar-refractivity contribution in [2.45, 2.75) is 45.1 Å². The van der Waals surface area contributed by atoms with Crippen LogP contribution in [0.3, 0.4) is 0 Å². The summed E-state index contributed by atoms with van der Waals surface area (Å²) in [5.41, 5.74) is 3.74. The zero-order valence-electron chi connectivity index (χ0n) is 11.9. The summed E-state index contributed by atoms with van der Waals surface area (Å²) < 4.78 is 2.29. The van der Waals surface area contributed by atoms with Gasteiger partial charge in [0.2, 0.25) is 0 Å². The molecule has 1 aromatic heterocycles. The van der Waals surface area contributed by atoms with Gasteiger partial charge in [0, 0.05) is 19.5 Å². The Bertz CT molecular complexity index is 565. The molecule has 0 radical (unpaired) electrons. The van der Waals surface area contributed by atoms with Crippen LogP contribution < -0.4 is 5.32 Å². The molecule has 1 aliphatic carbocycles. The molecule has 0 saturated heterocycles. The third-order valence-electron chi connectivity index (χ3n) is 4.28. The summed E-state index contributed by atoms with van der Waals surface area (Å²) >= 11 is 0. The maximum atomic E-state index is 4.90. The molecule has 19 heavy (non-hydrogen) atoms. The van der Waals surface area contributed by atoms with Gasteiger partial charge in [-0.15, -0.1) is 0 Å². The highest BCUT2D eigenvalue weighted by Crippen LogP contribution is 2.34. The van der Waals surface area contributed by atoms with Crippen molar-refractivity contribution in [3.05, 3.63) is 29.6 Å². The highest BCUT2D eigenvalue weighted by molar-refractivity contribution is 5.77. The predicted octanol–water partition coefficient (Wildman–Crippen LogP) is 3.34. The average molecular weight is 257 g/mol. The molecule has 0 spiro atoms. The van der Waals surface area contributed by atoms with E-state index in [1.165, 1.54) is 42.6 Å². The van der Waals surface area contributed by atoms with E-state index in [1.54, 1.807) is 0 Å². The van der Waals surface area contributed by atoms with Crippen LogP contribution in [0.15, 0.2) is 18.2 Å². The largest absolute Gasteiger partial charge is 0.331 e. The molecule has 1 heterocycles. The first-order chi connectivity index (χ1) is 9.29. The van der Waals surface area contributed by atoms with Gasteiger partial charge in [-0.2, -0.15) is 0 Å². The summed E-state index contributed by atoms with van der Waals surface area (Å²) in [6, 6.07) is 6.66. The smallest absolute Gasteiger partial charge is 0.112 e. The fraction of sp³-hybridized carbons (Fsp3) is 0.562. The van der Waals surface area contributed by atoms with Gasteiger partial charge in [0.05, 0.1) is 11.0 Å². The number of imidazole rings is 1. The van der Waals surface area contributed by atoms with E-state index in [9.17, 15) is 0 Å². The Morgan fingerprint density at radius 2 is 2.11 bits per heavy atom. The van der Waals surface area contributed by atoms with E-state index in [0.29, 0.717) is 5.92 Å². The molecule has 0 atom stereocenters. The summed E-state index contributed by atoms with van der Waals surface area (Å²) in [4.78, 5) is 4.90. The van der Waals surface area contributed by atoms with Crippen LogP contribution in [0.1, 0.15) is 49.9 Å². The van der Waals surface area contributed by atoms with Crippen LogP contribution in [0.4, 0.5) is 0 Å². The maximum Gasteiger partial charge on any atom is 0.112 e. The SMILES string of the molecule is CCNCc1ccc2c(c1)nc(C1CCCC1)n2C. The minimum Gasteiger partial charge on any atom is -0.331 e. The summed E-state index contributed by atoms with van der Waals surface area (Å²) in [6.45, 7) is 4.08. The fourth-order valence-corrected chi connectivity index (χ4v) is 3.19. The third kappa shape index (κ3) is 2.39. The Morgan fingerprint density at radius 3 is 2.84 bits per heavy atom. The van der Waals surface area contributed by atoms with Gasteiger partial charge < -0.3 is 9.88 Å². The Kier molecular flexibility index (Phi) is 3.56. The molecule has 3 rings (SSSR count). The number of aromatic nitrogens is 2.